The molecule has 1 aliphatic rings. The van der Waals surface area contributed by atoms with E-state index in [0.717, 1.165) is 24.1 Å². The Kier molecular flexibility index (Phi) is 5.26. The molecule has 2 heterocycles. The molecule has 0 aliphatic heterocycles. The summed E-state index contributed by atoms with van der Waals surface area (Å²) in [6.07, 6.45) is 5.21. The normalized spacial score (nSPS) is 22.8. The highest BCUT2D eigenvalue weighted by molar-refractivity contribution is 6.30. The van der Waals surface area contributed by atoms with Gasteiger partial charge < -0.3 is 10.4 Å². The van der Waals surface area contributed by atoms with Gasteiger partial charge in [-0.15, -0.1) is 0 Å². The van der Waals surface area contributed by atoms with Crippen molar-refractivity contribution in [3.05, 3.63) is 40.3 Å². The number of nitrogens with zero attached hydrogens (tertiary/aromatic N) is 4. The number of aromatic nitrogens is 3. The number of nitrogens with one attached hydrogen (secondary N) is 1. The maximum Gasteiger partial charge on any atom is 0.144 e. The van der Waals surface area contributed by atoms with Crippen molar-refractivity contribution in [3.8, 4) is 6.07 Å². The van der Waals surface area contributed by atoms with Crippen LogP contribution in [0.15, 0.2) is 18.5 Å². The van der Waals surface area contributed by atoms with Gasteiger partial charge in [-0.25, -0.2) is 4.98 Å². The van der Waals surface area contributed by atoms with Gasteiger partial charge in [0.05, 0.1) is 28.9 Å². The summed E-state index contributed by atoms with van der Waals surface area (Å²) >= 11 is 5.90. The second kappa shape index (κ2) is 7.42. The van der Waals surface area contributed by atoms with Crippen molar-refractivity contribution in [2.75, 3.05) is 5.32 Å². The molecule has 0 saturated heterocycles. The van der Waals surface area contributed by atoms with E-state index in [-0.39, 0.29) is 6.04 Å². The van der Waals surface area contributed by atoms with Crippen LogP contribution in [0.1, 0.15) is 36.6 Å². The minimum Gasteiger partial charge on any atom is -0.391 e. The van der Waals surface area contributed by atoms with Crippen molar-refractivity contribution in [3.63, 3.8) is 0 Å². The third-order valence-electron chi connectivity index (χ3n) is 4.77. The molecule has 25 heavy (non-hydrogen) atoms. The second-order valence-corrected chi connectivity index (χ2v) is 7.09. The third-order valence-corrected chi connectivity index (χ3v) is 4.96. The molecule has 2 N–H and O–H groups in total. The van der Waals surface area contributed by atoms with Gasteiger partial charge in [0.1, 0.15) is 11.9 Å². The largest absolute Gasteiger partial charge is 0.391 e. The van der Waals surface area contributed by atoms with E-state index in [0.29, 0.717) is 35.3 Å². The van der Waals surface area contributed by atoms with E-state index in [9.17, 15) is 10.4 Å². The highest BCUT2D eigenvalue weighted by Crippen LogP contribution is 2.30. The fraction of sp³-hybridized carbons (Fsp3) is 0.500. The molecular formula is C18H22ClN5O. The molecule has 0 amide bonds. The zero-order valence-electron chi connectivity index (χ0n) is 14.4. The van der Waals surface area contributed by atoms with Gasteiger partial charge in [0.15, 0.2) is 0 Å². The van der Waals surface area contributed by atoms with E-state index >= 15 is 0 Å². The number of rotatable bonds is 5. The van der Waals surface area contributed by atoms with Gasteiger partial charge in [-0.1, -0.05) is 18.5 Å². The molecule has 2 aromatic heterocycles. The number of aliphatic hydroxyl groups is 1. The fourth-order valence-electron chi connectivity index (χ4n) is 3.51. The topological polar surface area (TPSA) is 86.8 Å². The van der Waals surface area contributed by atoms with Crippen molar-refractivity contribution in [1.29, 1.82) is 5.26 Å². The lowest BCUT2D eigenvalue weighted by atomic mass is 10.1. The molecule has 0 spiro atoms. The van der Waals surface area contributed by atoms with E-state index in [1.54, 1.807) is 12.4 Å². The van der Waals surface area contributed by atoms with Crippen LogP contribution >= 0.6 is 11.6 Å². The Hall–Kier alpha value is -2.10. The Bertz CT molecular complexity index is 797. The summed E-state index contributed by atoms with van der Waals surface area (Å²) in [4.78, 5) is 4.59. The molecule has 132 valence electrons. The van der Waals surface area contributed by atoms with Crippen molar-refractivity contribution in [2.24, 2.45) is 5.92 Å². The average molecular weight is 360 g/mol. The predicted octanol–water partition coefficient (Wildman–Crippen LogP) is 2.93. The number of anilines is 1. The molecule has 1 fully saturated rings. The van der Waals surface area contributed by atoms with Crippen LogP contribution < -0.4 is 5.32 Å². The first kappa shape index (κ1) is 17.7. The second-order valence-electron chi connectivity index (χ2n) is 6.65. The molecule has 1 unspecified atom stereocenters. The lowest BCUT2D eigenvalue weighted by molar-refractivity contribution is 0.166. The van der Waals surface area contributed by atoms with E-state index in [1.807, 2.05) is 24.6 Å². The zero-order valence-corrected chi connectivity index (χ0v) is 15.2. The van der Waals surface area contributed by atoms with Crippen LogP contribution in [0, 0.1) is 24.2 Å². The van der Waals surface area contributed by atoms with Crippen molar-refractivity contribution < 1.29 is 5.11 Å². The van der Waals surface area contributed by atoms with Crippen LogP contribution in [-0.4, -0.2) is 32.0 Å². The highest BCUT2D eigenvalue weighted by atomic mass is 35.5. The summed E-state index contributed by atoms with van der Waals surface area (Å²) in [6.45, 7) is 4.72. The Morgan fingerprint density at radius 2 is 2.28 bits per heavy atom. The number of hydrogen-bond donors (Lipinski definition) is 2. The molecule has 3 atom stereocenters. The zero-order chi connectivity index (χ0) is 18.0. The molecule has 0 aromatic carbocycles. The van der Waals surface area contributed by atoms with E-state index in [1.165, 1.54) is 0 Å². The number of aliphatic hydroxyl groups excluding tert-OH is 1. The summed E-state index contributed by atoms with van der Waals surface area (Å²) in [5, 5.41) is 27.9. The van der Waals surface area contributed by atoms with E-state index < -0.39 is 6.10 Å². The van der Waals surface area contributed by atoms with Gasteiger partial charge >= 0.3 is 0 Å². The molecule has 2 aromatic rings. The van der Waals surface area contributed by atoms with E-state index in [2.05, 4.69) is 21.5 Å². The molecule has 0 radical (unpaired) electrons. The number of halogens is 1. The van der Waals surface area contributed by atoms with Gasteiger partial charge in [-0.05, 0) is 43.7 Å². The van der Waals surface area contributed by atoms with Crippen LogP contribution in [0.3, 0.4) is 0 Å². The van der Waals surface area contributed by atoms with Crippen molar-refractivity contribution in [2.45, 2.75) is 51.8 Å². The van der Waals surface area contributed by atoms with Crippen molar-refractivity contribution in [1.82, 2.24) is 14.8 Å². The molecule has 6 nitrogen and oxygen atoms in total. The van der Waals surface area contributed by atoms with Gasteiger partial charge in [0.2, 0.25) is 0 Å². The molecule has 1 aliphatic carbocycles. The fourth-order valence-corrected chi connectivity index (χ4v) is 3.66. The highest BCUT2D eigenvalue weighted by Gasteiger charge is 2.34. The number of pyridine rings is 1. The monoisotopic (exact) mass is 359 g/mol. The Morgan fingerprint density at radius 3 is 2.92 bits per heavy atom. The number of aryl methyl sites for hydroxylation is 2. The Labute approximate surface area is 152 Å². The predicted molar refractivity (Wildman–Crippen MR) is 96.4 cm³/mol. The van der Waals surface area contributed by atoms with Crippen LogP contribution in [-0.2, 0) is 13.0 Å². The first-order valence-corrected chi connectivity index (χ1v) is 8.91. The van der Waals surface area contributed by atoms with Crippen LogP contribution in [0.4, 0.5) is 5.82 Å². The number of hydrogen-bond acceptors (Lipinski definition) is 5. The van der Waals surface area contributed by atoms with Crippen LogP contribution in [0.2, 0.25) is 5.02 Å². The lowest BCUT2D eigenvalue weighted by Gasteiger charge is -2.19. The molecule has 0 bridgehead atoms. The first-order chi connectivity index (χ1) is 12.0. The summed E-state index contributed by atoms with van der Waals surface area (Å²) in [7, 11) is 0. The van der Waals surface area contributed by atoms with Gasteiger partial charge in [-0.3, -0.25) is 4.68 Å². The summed E-state index contributed by atoms with van der Waals surface area (Å²) in [6, 6.07) is 3.93. The lowest BCUT2D eigenvalue weighted by Crippen LogP contribution is -2.29. The van der Waals surface area contributed by atoms with Crippen molar-refractivity contribution >= 4 is 17.4 Å². The van der Waals surface area contributed by atoms with Crippen LogP contribution in [0.25, 0.3) is 0 Å². The average Bonchev–Trinajstić information content (AvgIpc) is 3.14. The maximum absolute atomic E-state index is 10.4. The molecule has 7 heteroatoms. The minimum absolute atomic E-state index is 0.122. The summed E-state index contributed by atoms with van der Waals surface area (Å²) in [5.74, 6) is 0.863. The van der Waals surface area contributed by atoms with E-state index in [4.69, 9.17) is 11.6 Å². The van der Waals surface area contributed by atoms with Gasteiger partial charge in [0.25, 0.3) is 0 Å². The summed E-state index contributed by atoms with van der Waals surface area (Å²) < 4.78 is 1.81. The van der Waals surface area contributed by atoms with Gasteiger partial charge in [0, 0.05) is 18.4 Å². The molecule has 1 saturated carbocycles. The first-order valence-electron chi connectivity index (χ1n) is 8.53. The smallest absolute Gasteiger partial charge is 0.144 e. The standard InChI is InChI=1S/C18H22ClN5O/c1-3-15-11(2)4-13(7-20)18(22-15)23-16-5-12(6-17(16)25)9-24-10-14(19)8-21-24/h4,8,10,12,16-17,25H,3,5-6,9H2,1-2H3,(H,22,23)/t12?,16-,17-/m1/s1. The molecular weight excluding hydrogens is 338 g/mol. The quantitative estimate of drug-likeness (QED) is 0.857. The van der Waals surface area contributed by atoms with Crippen LogP contribution in [0.5, 0.6) is 0 Å². The minimum atomic E-state index is -0.476. The maximum atomic E-state index is 10.4. The third kappa shape index (κ3) is 3.94. The Balaban J connectivity index is 1.72. The molecule has 3 rings (SSSR count). The summed E-state index contributed by atoms with van der Waals surface area (Å²) in [5.41, 5.74) is 2.51. The van der Waals surface area contributed by atoms with Gasteiger partial charge in [-0.2, -0.15) is 10.4 Å². The number of nitriles is 1. The SMILES string of the molecule is CCc1nc(N[C@@H]2CC(Cn3cc(Cl)cn3)C[C@H]2O)c(C#N)cc1C. The Morgan fingerprint density at radius 1 is 1.48 bits per heavy atom.